The minimum absolute atomic E-state index is 0.0978. The van der Waals surface area contributed by atoms with E-state index in [-0.39, 0.29) is 23.0 Å². The van der Waals surface area contributed by atoms with Gasteiger partial charge in [-0.3, -0.25) is 0 Å². The van der Waals surface area contributed by atoms with E-state index in [0.29, 0.717) is 11.3 Å². The summed E-state index contributed by atoms with van der Waals surface area (Å²) < 4.78 is 37.0. The molecule has 2 aromatic rings. The van der Waals surface area contributed by atoms with Crippen molar-refractivity contribution in [3.63, 3.8) is 0 Å². The lowest BCUT2D eigenvalue weighted by Gasteiger charge is -1.98. The van der Waals surface area contributed by atoms with E-state index < -0.39 is 10.4 Å². The summed E-state index contributed by atoms with van der Waals surface area (Å²) in [4.78, 5) is 0. The van der Waals surface area contributed by atoms with E-state index in [1.165, 1.54) is 0 Å². The summed E-state index contributed by atoms with van der Waals surface area (Å²) in [6.07, 6.45) is 3.40. The largest absolute Gasteiger partial charge is 0.504 e. The Bertz CT molecular complexity index is 884. The molecule has 0 radical (unpaired) electrons. The van der Waals surface area contributed by atoms with Crippen LogP contribution in [0.2, 0.25) is 0 Å². The van der Waals surface area contributed by atoms with Crippen molar-refractivity contribution in [1.82, 2.24) is 0 Å². The van der Waals surface area contributed by atoms with Gasteiger partial charge >= 0.3 is 10.4 Å². The van der Waals surface area contributed by atoms with E-state index >= 15 is 0 Å². The van der Waals surface area contributed by atoms with Crippen molar-refractivity contribution in [3.8, 4) is 28.7 Å². The van der Waals surface area contributed by atoms with Crippen molar-refractivity contribution in [3.05, 3.63) is 41.5 Å². The molecule has 106 valence electrons. The molecule has 0 aliphatic carbocycles. The SMILES string of the molecule is O=S1(=O)Oc2c(O)c(/C=C/c3ccccc3)c3c(c2O1)O3. The number of hydrogen-bond acceptors (Lipinski definition) is 6. The van der Waals surface area contributed by atoms with E-state index in [1.54, 1.807) is 12.2 Å². The molecular weight excluding hydrogens is 296 g/mol. The highest BCUT2D eigenvalue weighted by Crippen LogP contribution is 2.65. The number of fused-ring (bicyclic) bond motifs is 3. The van der Waals surface area contributed by atoms with Crippen molar-refractivity contribution < 1.29 is 26.6 Å². The van der Waals surface area contributed by atoms with Crippen molar-refractivity contribution in [2.45, 2.75) is 0 Å². The monoisotopic (exact) mass is 304 g/mol. The lowest BCUT2D eigenvalue weighted by molar-refractivity contribution is 0.417. The number of phenolic OH excluding ortho intramolecular Hbond substituents is 1. The van der Waals surface area contributed by atoms with Gasteiger partial charge in [0.25, 0.3) is 0 Å². The molecule has 0 saturated heterocycles. The molecule has 2 heterocycles. The highest BCUT2D eigenvalue weighted by molar-refractivity contribution is 7.82. The third-order valence-electron chi connectivity index (χ3n) is 3.11. The highest BCUT2D eigenvalue weighted by Gasteiger charge is 2.44. The molecule has 0 saturated carbocycles. The Labute approximate surface area is 120 Å². The number of aromatic hydroxyl groups is 1. The summed E-state index contributed by atoms with van der Waals surface area (Å²) in [5.41, 5.74) is 1.28. The molecule has 0 atom stereocenters. The maximum Gasteiger partial charge on any atom is 0.501 e. The standard InChI is InChI=1S/C14H8O6S/c15-10-9(7-6-8-4-2-1-3-5-8)11-13(18-11)14-12(10)19-21(16,17)20-14/h1-7,15H/b7-6+. The van der Waals surface area contributed by atoms with Crippen LogP contribution in [0, 0.1) is 0 Å². The van der Waals surface area contributed by atoms with Crippen LogP contribution in [-0.4, -0.2) is 13.5 Å². The molecule has 1 N–H and O–H groups in total. The molecule has 0 bridgehead atoms. The molecule has 2 aromatic carbocycles. The van der Waals surface area contributed by atoms with Crippen LogP contribution in [0.25, 0.3) is 12.2 Å². The normalized spacial score (nSPS) is 16.6. The van der Waals surface area contributed by atoms with Gasteiger partial charge in [0, 0.05) is 0 Å². The molecular formula is C14H8O6S. The third kappa shape index (κ3) is 1.90. The Balaban J connectivity index is 1.79. The summed E-state index contributed by atoms with van der Waals surface area (Å²) >= 11 is 0. The number of ether oxygens (including phenoxy) is 1. The fourth-order valence-electron chi connectivity index (χ4n) is 2.12. The van der Waals surface area contributed by atoms with Crippen molar-refractivity contribution in [1.29, 1.82) is 0 Å². The number of rotatable bonds is 2. The van der Waals surface area contributed by atoms with Gasteiger partial charge in [-0.2, -0.15) is 0 Å². The zero-order valence-corrected chi connectivity index (χ0v) is 11.3. The van der Waals surface area contributed by atoms with E-state index in [1.807, 2.05) is 30.3 Å². The first-order valence-electron chi connectivity index (χ1n) is 6.03. The first kappa shape index (κ1) is 12.1. The van der Waals surface area contributed by atoms with Crippen molar-refractivity contribution in [2.75, 3.05) is 0 Å². The molecule has 0 amide bonds. The highest BCUT2D eigenvalue weighted by atomic mass is 32.3. The van der Waals surface area contributed by atoms with Gasteiger partial charge in [0.05, 0.1) is 5.56 Å². The van der Waals surface area contributed by atoms with Gasteiger partial charge in [0.2, 0.25) is 17.2 Å². The fourth-order valence-corrected chi connectivity index (χ4v) is 2.86. The van der Waals surface area contributed by atoms with Crippen LogP contribution in [-0.2, 0) is 10.4 Å². The average molecular weight is 304 g/mol. The Morgan fingerprint density at radius 3 is 2.38 bits per heavy atom. The lowest BCUT2D eigenvalue weighted by atomic mass is 10.1. The molecule has 2 aliphatic heterocycles. The fraction of sp³-hybridized carbons (Fsp3) is 0. The van der Waals surface area contributed by atoms with Crippen LogP contribution >= 0.6 is 0 Å². The van der Waals surface area contributed by atoms with E-state index in [0.717, 1.165) is 5.56 Å². The number of phenols is 1. The van der Waals surface area contributed by atoms with Crippen LogP contribution in [0.15, 0.2) is 30.3 Å². The number of hydrogen-bond donors (Lipinski definition) is 1. The molecule has 21 heavy (non-hydrogen) atoms. The molecule has 0 aromatic heterocycles. The number of benzene rings is 2. The Morgan fingerprint density at radius 2 is 1.62 bits per heavy atom. The second kappa shape index (κ2) is 3.92. The maximum atomic E-state index is 11.3. The van der Waals surface area contributed by atoms with Crippen LogP contribution in [0.5, 0.6) is 28.7 Å². The summed E-state index contributed by atoms with van der Waals surface area (Å²) in [6.45, 7) is 0. The van der Waals surface area contributed by atoms with E-state index in [4.69, 9.17) is 4.74 Å². The summed E-state index contributed by atoms with van der Waals surface area (Å²) in [5, 5.41) is 10.1. The average Bonchev–Trinajstić information content (AvgIpc) is 3.17. The Hall–Kier alpha value is -2.67. The van der Waals surface area contributed by atoms with Gasteiger partial charge in [0.15, 0.2) is 11.5 Å². The zero-order chi connectivity index (χ0) is 14.6. The Morgan fingerprint density at radius 1 is 0.905 bits per heavy atom. The minimum Gasteiger partial charge on any atom is -0.504 e. The maximum absolute atomic E-state index is 11.3. The zero-order valence-electron chi connectivity index (χ0n) is 10.4. The van der Waals surface area contributed by atoms with Gasteiger partial charge in [-0.1, -0.05) is 36.4 Å². The lowest BCUT2D eigenvalue weighted by Crippen LogP contribution is -2.08. The van der Waals surface area contributed by atoms with Crippen molar-refractivity contribution in [2.24, 2.45) is 0 Å². The van der Waals surface area contributed by atoms with Gasteiger partial charge in [-0.05, 0) is 11.6 Å². The molecule has 6 nitrogen and oxygen atoms in total. The predicted molar refractivity (Wildman–Crippen MR) is 73.7 cm³/mol. The third-order valence-corrected chi connectivity index (χ3v) is 3.85. The molecule has 0 spiro atoms. The smallest absolute Gasteiger partial charge is 0.501 e. The second-order valence-electron chi connectivity index (χ2n) is 4.50. The molecule has 0 fully saturated rings. The van der Waals surface area contributed by atoms with Gasteiger partial charge in [-0.15, -0.1) is 8.42 Å². The van der Waals surface area contributed by atoms with Crippen molar-refractivity contribution >= 4 is 22.6 Å². The van der Waals surface area contributed by atoms with E-state index in [2.05, 4.69) is 8.37 Å². The summed E-state index contributed by atoms with van der Waals surface area (Å²) in [7, 11) is -4.17. The first-order valence-corrected chi connectivity index (χ1v) is 7.36. The molecule has 4 rings (SSSR count). The summed E-state index contributed by atoms with van der Waals surface area (Å²) in [5.74, 6) is 0.00328. The molecule has 2 aliphatic rings. The second-order valence-corrected chi connectivity index (χ2v) is 5.65. The molecule has 7 heteroatoms. The van der Waals surface area contributed by atoms with Crippen LogP contribution in [0.3, 0.4) is 0 Å². The quantitative estimate of drug-likeness (QED) is 0.578. The van der Waals surface area contributed by atoms with Crippen LogP contribution in [0.1, 0.15) is 11.1 Å². The topological polar surface area (TPSA) is 85.4 Å². The first-order chi connectivity index (χ1) is 10.1. The van der Waals surface area contributed by atoms with Gasteiger partial charge in [-0.25, -0.2) is 0 Å². The molecule has 0 unspecified atom stereocenters. The van der Waals surface area contributed by atoms with Gasteiger partial charge in [0.1, 0.15) is 0 Å². The minimum atomic E-state index is -4.17. The predicted octanol–water partition coefficient (Wildman–Crippen LogP) is 2.68. The van der Waals surface area contributed by atoms with E-state index in [9.17, 15) is 13.5 Å². The summed E-state index contributed by atoms with van der Waals surface area (Å²) in [6, 6.07) is 9.45. The Kier molecular flexibility index (Phi) is 2.26. The van der Waals surface area contributed by atoms with Crippen LogP contribution < -0.4 is 13.1 Å². The van der Waals surface area contributed by atoms with Gasteiger partial charge < -0.3 is 18.2 Å². The van der Waals surface area contributed by atoms with Crippen LogP contribution in [0.4, 0.5) is 0 Å².